The first-order valence-corrected chi connectivity index (χ1v) is 5.23. The van der Waals surface area contributed by atoms with Crippen LogP contribution in [0.2, 0.25) is 0 Å². The summed E-state index contributed by atoms with van der Waals surface area (Å²) in [5.41, 5.74) is 2.49. The van der Waals surface area contributed by atoms with Gasteiger partial charge < -0.3 is 5.32 Å². The maximum absolute atomic E-state index is 4.41. The molecule has 1 aromatic rings. The van der Waals surface area contributed by atoms with Crippen molar-refractivity contribution in [3.8, 4) is 0 Å². The largest absolute Gasteiger partial charge is 0.316 e. The zero-order valence-electron chi connectivity index (χ0n) is 9.54. The van der Waals surface area contributed by atoms with Crippen LogP contribution in [0.3, 0.4) is 0 Å². The minimum Gasteiger partial charge on any atom is -0.316 e. The van der Waals surface area contributed by atoms with Crippen LogP contribution in [0.1, 0.15) is 25.1 Å². The number of aryl methyl sites for hydroxylation is 1. The van der Waals surface area contributed by atoms with Crippen molar-refractivity contribution in [1.29, 1.82) is 0 Å². The zero-order valence-corrected chi connectivity index (χ0v) is 9.54. The number of nitrogens with zero attached hydrogens (tertiary/aromatic N) is 1. The highest BCUT2D eigenvalue weighted by Crippen LogP contribution is 2.11. The highest BCUT2D eigenvalue weighted by atomic mass is 14.9. The highest BCUT2D eigenvalue weighted by Gasteiger charge is 2.12. The molecule has 0 amide bonds. The van der Waals surface area contributed by atoms with Crippen LogP contribution >= 0.6 is 0 Å². The molecule has 1 atom stereocenters. The molecule has 1 N–H and O–H groups in total. The lowest BCUT2D eigenvalue weighted by Gasteiger charge is -2.20. The Hall–Kier alpha value is -0.890. The number of likely N-dealkylation sites (N-methyl/N-ethyl adjacent to an activating group) is 1. The molecule has 0 fully saturated rings. The van der Waals surface area contributed by atoms with E-state index in [-0.39, 0.29) is 0 Å². The first-order valence-electron chi connectivity index (χ1n) is 5.23. The van der Waals surface area contributed by atoms with Gasteiger partial charge in [-0.3, -0.25) is 4.98 Å². The van der Waals surface area contributed by atoms with E-state index in [4.69, 9.17) is 0 Å². The molecule has 1 heterocycles. The number of rotatable bonds is 4. The first kappa shape index (κ1) is 11.2. The Labute approximate surface area is 86.8 Å². The molecule has 0 aliphatic heterocycles. The molecule has 0 aliphatic carbocycles. The second-order valence-corrected chi connectivity index (χ2v) is 4.11. The predicted molar refractivity (Wildman–Crippen MR) is 60.4 cm³/mol. The van der Waals surface area contributed by atoms with E-state index < -0.39 is 0 Å². The summed E-state index contributed by atoms with van der Waals surface area (Å²) < 4.78 is 0. The van der Waals surface area contributed by atoms with Crippen molar-refractivity contribution in [3.63, 3.8) is 0 Å². The van der Waals surface area contributed by atoms with Gasteiger partial charge in [0.25, 0.3) is 0 Å². The molecule has 1 aromatic heterocycles. The lowest BCUT2D eigenvalue weighted by molar-refractivity contribution is 0.421. The summed E-state index contributed by atoms with van der Waals surface area (Å²) in [6.45, 7) is 6.59. The summed E-state index contributed by atoms with van der Waals surface area (Å²) in [6, 6.07) is 4.63. The third kappa shape index (κ3) is 2.81. The molecule has 0 spiro atoms. The molecule has 0 aliphatic rings. The number of aromatic nitrogens is 1. The number of hydrogen-bond donors (Lipinski definition) is 1. The fraction of sp³-hybridized carbons (Fsp3) is 0.583. The molecule has 0 saturated heterocycles. The Kier molecular flexibility index (Phi) is 4.08. The quantitative estimate of drug-likeness (QED) is 0.791. The Bertz CT molecular complexity index is 281. The molecule has 0 aromatic carbocycles. The SMILES string of the molecule is CNC(Cc1ncccc1C)C(C)C. The highest BCUT2D eigenvalue weighted by molar-refractivity contribution is 5.18. The van der Waals surface area contributed by atoms with Crippen molar-refractivity contribution >= 4 is 0 Å². The van der Waals surface area contributed by atoms with Gasteiger partial charge in [-0.15, -0.1) is 0 Å². The topological polar surface area (TPSA) is 24.9 Å². The fourth-order valence-electron chi connectivity index (χ4n) is 1.61. The van der Waals surface area contributed by atoms with E-state index in [1.54, 1.807) is 0 Å². The predicted octanol–water partition coefficient (Wildman–Crippen LogP) is 2.18. The van der Waals surface area contributed by atoms with Crippen LogP contribution in [0.15, 0.2) is 18.3 Å². The summed E-state index contributed by atoms with van der Waals surface area (Å²) in [5, 5.41) is 3.34. The minimum absolute atomic E-state index is 0.517. The van der Waals surface area contributed by atoms with E-state index in [2.05, 4.69) is 37.1 Å². The van der Waals surface area contributed by atoms with Gasteiger partial charge in [-0.2, -0.15) is 0 Å². The van der Waals surface area contributed by atoms with Gasteiger partial charge in [-0.1, -0.05) is 19.9 Å². The Morgan fingerprint density at radius 3 is 2.64 bits per heavy atom. The van der Waals surface area contributed by atoms with Crippen LogP contribution < -0.4 is 5.32 Å². The molecule has 78 valence electrons. The molecule has 0 radical (unpaired) electrons. The van der Waals surface area contributed by atoms with Crippen LogP contribution in [0.4, 0.5) is 0 Å². The van der Waals surface area contributed by atoms with Crippen LogP contribution in [0.25, 0.3) is 0 Å². The summed E-state index contributed by atoms with van der Waals surface area (Å²) in [4.78, 5) is 4.41. The molecule has 1 rings (SSSR count). The van der Waals surface area contributed by atoms with Gasteiger partial charge in [-0.25, -0.2) is 0 Å². The third-order valence-corrected chi connectivity index (χ3v) is 2.71. The van der Waals surface area contributed by atoms with Gasteiger partial charge in [0.1, 0.15) is 0 Å². The average molecular weight is 192 g/mol. The maximum Gasteiger partial charge on any atom is 0.0448 e. The van der Waals surface area contributed by atoms with Gasteiger partial charge in [0.15, 0.2) is 0 Å². The molecule has 14 heavy (non-hydrogen) atoms. The van der Waals surface area contributed by atoms with Crippen LogP contribution in [-0.4, -0.2) is 18.1 Å². The minimum atomic E-state index is 0.517. The van der Waals surface area contributed by atoms with E-state index in [1.165, 1.54) is 11.3 Å². The first-order chi connectivity index (χ1) is 6.65. The van der Waals surface area contributed by atoms with Gasteiger partial charge in [-0.05, 0) is 31.5 Å². The van der Waals surface area contributed by atoms with Crippen molar-refractivity contribution in [2.75, 3.05) is 7.05 Å². The fourth-order valence-corrected chi connectivity index (χ4v) is 1.61. The van der Waals surface area contributed by atoms with Crippen molar-refractivity contribution in [1.82, 2.24) is 10.3 Å². The van der Waals surface area contributed by atoms with Crippen LogP contribution in [0, 0.1) is 12.8 Å². The normalized spacial score (nSPS) is 13.2. The Morgan fingerprint density at radius 2 is 2.14 bits per heavy atom. The van der Waals surface area contributed by atoms with Crippen LogP contribution in [-0.2, 0) is 6.42 Å². The zero-order chi connectivity index (χ0) is 10.6. The van der Waals surface area contributed by atoms with E-state index in [0.29, 0.717) is 12.0 Å². The molecule has 2 heteroatoms. The van der Waals surface area contributed by atoms with Gasteiger partial charge in [0, 0.05) is 24.4 Å². The van der Waals surface area contributed by atoms with E-state index >= 15 is 0 Å². The molecule has 0 saturated carbocycles. The molecular formula is C12H20N2. The number of pyridine rings is 1. The smallest absolute Gasteiger partial charge is 0.0448 e. The van der Waals surface area contributed by atoms with Crippen molar-refractivity contribution in [3.05, 3.63) is 29.6 Å². The molecule has 1 unspecified atom stereocenters. The summed E-state index contributed by atoms with van der Waals surface area (Å²) in [5.74, 6) is 0.640. The average Bonchev–Trinajstić information content (AvgIpc) is 2.16. The molecular weight excluding hydrogens is 172 g/mol. The van der Waals surface area contributed by atoms with E-state index in [1.807, 2.05) is 19.3 Å². The Balaban J connectivity index is 2.72. The summed E-state index contributed by atoms with van der Waals surface area (Å²) in [6.07, 6.45) is 2.89. The number of nitrogens with one attached hydrogen (secondary N) is 1. The maximum atomic E-state index is 4.41. The van der Waals surface area contributed by atoms with Gasteiger partial charge >= 0.3 is 0 Å². The van der Waals surface area contributed by atoms with E-state index in [9.17, 15) is 0 Å². The van der Waals surface area contributed by atoms with Gasteiger partial charge in [0.2, 0.25) is 0 Å². The van der Waals surface area contributed by atoms with Crippen molar-refractivity contribution < 1.29 is 0 Å². The summed E-state index contributed by atoms with van der Waals surface area (Å²) >= 11 is 0. The van der Waals surface area contributed by atoms with Crippen molar-refractivity contribution in [2.45, 2.75) is 33.2 Å². The summed E-state index contributed by atoms with van der Waals surface area (Å²) in [7, 11) is 2.02. The van der Waals surface area contributed by atoms with Crippen LogP contribution in [0.5, 0.6) is 0 Å². The second-order valence-electron chi connectivity index (χ2n) is 4.11. The lowest BCUT2D eigenvalue weighted by Crippen LogP contribution is -2.33. The van der Waals surface area contributed by atoms with Gasteiger partial charge in [0.05, 0.1) is 0 Å². The van der Waals surface area contributed by atoms with E-state index in [0.717, 1.165) is 6.42 Å². The lowest BCUT2D eigenvalue weighted by atomic mass is 9.97. The molecule has 0 bridgehead atoms. The second kappa shape index (κ2) is 5.11. The third-order valence-electron chi connectivity index (χ3n) is 2.71. The Morgan fingerprint density at radius 1 is 1.43 bits per heavy atom. The molecule has 2 nitrogen and oxygen atoms in total. The monoisotopic (exact) mass is 192 g/mol. The standard InChI is InChI=1S/C12H20N2/c1-9(2)11(13-4)8-12-10(3)6-5-7-14-12/h5-7,9,11,13H,8H2,1-4H3. The van der Waals surface area contributed by atoms with Crippen molar-refractivity contribution in [2.24, 2.45) is 5.92 Å². The number of hydrogen-bond acceptors (Lipinski definition) is 2.